The van der Waals surface area contributed by atoms with E-state index in [4.69, 9.17) is 4.74 Å². The highest BCUT2D eigenvalue weighted by molar-refractivity contribution is 14.1. The first-order valence-electron chi connectivity index (χ1n) is 11.6. The summed E-state index contributed by atoms with van der Waals surface area (Å²) < 4.78 is 7.85. The molecule has 0 radical (unpaired) electrons. The summed E-state index contributed by atoms with van der Waals surface area (Å²) >= 11 is 5.69. The predicted molar refractivity (Wildman–Crippen MR) is 151 cm³/mol. The van der Waals surface area contributed by atoms with Gasteiger partial charge in [-0.2, -0.15) is 0 Å². The van der Waals surface area contributed by atoms with Gasteiger partial charge in [-0.05, 0) is 83.5 Å². The molecule has 1 N–H and O–H groups in total. The number of nitrogens with zero attached hydrogens (tertiary/aromatic N) is 1. The first-order chi connectivity index (χ1) is 16.9. The fourth-order valence-electron chi connectivity index (χ4n) is 3.54. The second-order valence-corrected chi connectivity index (χ2v) is 10.6. The van der Waals surface area contributed by atoms with Gasteiger partial charge in [0.15, 0.2) is 6.61 Å². The van der Waals surface area contributed by atoms with E-state index in [9.17, 15) is 9.59 Å². The zero-order chi connectivity index (χ0) is 25.2. The van der Waals surface area contributed by atoms with Gasteiger partial charge >= 0.3 is 0 Å². The Morgan fingerprint density at radius 1 is 0.971 bits per heavy atom. The van der Waals surface area contributed by atoms with E-state index in [1.807, 2.05) is 92.7 Å². The van der Waals surface area contributed by atoms with Crippen LogP contribution in [0.15, 0.2) is 83.3 Å². The van der Waals surface area contributed by atoms with Gasteiger partial charge in [-0.3, -0.25) is 9.59 Å². The molecule has 0 bridgehead atoms. The average molecular weight is 649 g/mol. The zero-order valence-electron chi connectivity index (χ0n) is 19.9. The van der Waals surface area contributed by atoms with Gasteiger partial charge in [-0.15, -0.1) is 0 Å². The third-order valence-electron chi connectivity index (χ3n) is 5.71. The minimum absolute atomic E-state index is 0.00782. The Morgan fingerprint density at radius 3 is 2.26 bits per heavy atom. The minimum Gasteiger partial charge on any atom is -0.484 e. The molecule has 0 saturated carbocycles. The first-order valence-corrected chi connectivity index (χ1v) is 13.5. The fourth-order valence-corrected chi connectivity index (χ4v) is 4.16. The monoisotopic (exact) mass is 648 g/mol. The van der Waals surface area contributed by atoms with Crippen molar-refractivity contribution in [1.82, 2.24) is 10.2 Å². The molecule has 3 aromatic carbocycles. The van der Waals surface area contributed by atoms with E-state index in [1.165, 1.54) is 0 Å². The van der Waals surface area contributed by atoms with Crippen LogP contribution in [0.5, 0.6) is 5.75 Å². The third-order valence-corrected chi connectivity index (χ3v) is 6.96. The molecule has 3 aromatic rings. The number of carbonyl (C=O) groups excluding carboxylic acids is 2. The molecule has 2 amide bonds. The number of halogens is 2. The Labute approximate surface area is 229 Å². The van der Waals surface area contributed by atoms with Gasteiger partial charge in [0.1, 0.15) is 11.8 Å². The van der Waals surface area contributed by atoms with E-state index >= 15 is 0 Å². The van der Waals surface area contributed by atoms with E-state index in [1.54, 1.807) is 4.90 Å². The maximum absolute atomic E-state index is 13.6. The van der Waals surface area contributed by atoms with Gasteiger partial charge in [-0.1, -0.05) is 65.3 Å². The van der Waals surface area contributed by atoms with Crippen molar-refractivity contribution in [3.63, 3.8) is 0 Å². The van der Waals surface area contributed by atoms with E-state index < -0.39 is 6.04 Å². The molecule has 0 aliphatic carbocycles. The quantitative estimate of drug-likeness (QED) is 0.260. The van der Waals surface area contributed by atoms with Crippen LogP contribution in [0.1, 0.15) is 31.4 Å². The number of carbonyl (C=O) groups is 2. The number of hydrogen-bond acceptors (Lipinski definition) is 3. The highest BCUT2D eigenvalue weighted by Gasteiger charge is 2.31. The van der Waals surface area contributed by atoms with Crippen LogP contribution in [-0.4, -0.2) is 35.4 Å². The lowest BCUT2D eigenvalue weighted by molar-refractivity contribution is -0.143. The molecule has 0 unspecified atom stereocenters. The number of ether oxygens (including phenoxy) is 1. The first kappa shape index (κ1) is 27.2. The highest BCUT2D eigenvalue weighted by Crippen LogP contribution is 2.19. The summed E-state index contributed by atoms with van der Waals surface area (Å²) in [4.78, 5) is 28.7. The van der Waals surface area contributed by atoms with Crippen molar-refractivity contribution in [3.05, 3.63) is 98.0 Å². The summed E-state index contributed by atoms with van der Waals surface area (Å²) in [7, 11) is 0. The minimum atomic E-state index is -0.678. The summed E-state index contributed by atoms with van der Waals surface area (Å²) in [6, 6.07) is 24.4. The normalized spacial score (nSPS) is 12.5. The van der Waals surface area contributed by atoms with Crippen molar-refractivity contribution in [2.45, 2.75) is 45.3 Å². The molecule has 35 heavy (non-hydrogen) atoms. The van der Waals surface area contributed by atoms with Crippen LogP contribution >= 0.6 is 38.5 Å². The van der Waals surface area contributed by atoms with E-state index in [0.29, 0.717) is 18.7 Å². The molecular weight excluding hydrogens is 619 g/mol. The Hall–Kier alpha value is -2.39. The van der Waals surface area contributed by atoms with Crippen LogP contribution in [-0.2, 0) is 22.6 Å². The molecule has 0 heterocycles. The van der Waals surface area contributed by atoms with Crippen molar-refractivity contribution < 1.29 is 14.3 Å². The van der Waals surface area contributed by atoms with Crippen molar-refractivity contribution in [2.75, 3.05) is 6.61 Å². The molecule has 5 nitrogen and oxygen atoms in total. The lowest BCUT2D eigenvalue weighted by Gasteiger charge is -2.32. The van der Waals surface area contributed by atoms with Crippen LogP contribution in [0, 0.1) is 3.57 Å². The van der Waals surface area contributed by atoms with Crippen LogP contribution in [0.4, 0.5) is 0 Å². The fraction of sp³-hybridized carbons (Fsp3) is 0.286. The summed E-state index contributed by atoms with van der Waals surface area (Å²) in [5, 5.41) is 3.08. The zero-order valence-corrected chi connectivity index (χ0v) is 23.7. The maximum Gasteiger partial charge on any atom is 0.261 e. The van der Waals surface area contributed by atoms with Crippen LogP contribution < -0.4 is 10.1 Å². The SMILES string of the molecule is CC[C@H](C)NC(=O)[C@H](Cc1ccccc1)N(Cc1ccc(Br)cc1)C(=O)COc1ccc(I)cc1. The predicted octanol–water partition coefficient (Wildman–Crippen LogP) is 5.99. The molecule has 0 aliphatic rings. The summed E-state index contributed by atoms with van der Waals surface area (Å²) in [5.74, 6) is 0.209. The third kappa shape index (κ3) is 8.65. The Balaban J connectivity index is 1.89. The number of hydrogen-bond donors (Lipinski definition) is 1. The topological polar surface area (TPSA) is 58.6 Å². The molecule has 0 saturated heterocycles. The van der Waals surface area contributed by atoms with Gasteiger partial charge in [0.05, 0.1) is 0 Å². The second-order valence-electron chi connectivity index (χ2n) is 8.41. The van der Waals surface area contributed by atoms with Gasteiger partial charge in [0, 0.05) is 27.1 Å². The van der Waals surface area contributed by atoms with Gasteiger partial charge < -0.3 is 15.0 Å². The average Bonchev–Trinajstić information content (AvgIpc) is 2.87. The molecule has 0 aliphatic heterocycles. The molecule has 3 rings (SSSR count). The summed E-state index contributed by atoms with van der Waals surface area (Å²) in [6.07, 6.45) is 1.22. The lowest BCUT2D eigenvalue weighted by Crippen LogP contribution is -2.53. The van der Waals surface area contributed by atoms with Gasteiger partial charge in [-0.25, -0.2) is 0 Å². The Kier molecular flexibility index (Phi) is 10.6. The molecular formula is C28H30BrIN2O3. The van der Waals surface area contributed by atoms with Crippen molar-refractivity contribution >= 4 is 50.3 Å². The van der Waals surface area contributed by atoms with Crippen molar-refractivity contribution in [1.29, 1.82) is 0 Å². The Morgan fingerprint density at radius 2 is 1.63 bits per heavy atom. The molecule has 0 spiro atoms. The molecule has 184 valence electrons. The van der Waals surface area contributed by atoms with Crippen LogP contribution in [0.2, 0.25) is 0 Å². The van der Waals surface area contributed by atoms with E-state index in [-0.39, 0.29) is 24.5 Å². The standard InChI is InChI=1S/C28H30BrIN2O3/c1-3-20(2)31-28(34)26(17-21-7-5-4-6-8-21)32(18-22-9-11-23(29)12-10-22)27(33)19-35-25-15-13-24(30)14-16-25/h4-16,20,26H,3,17-19H2,1-2H3,(H,31,34)/t20-,26-/m0/s1. The number of rotatable bonds is 11. The van der Waals surface area contributed by atoms with Crippen molar-refractivity contribution in [2.24, 2.45) is 0 Å². The number of amides is 2. The second kappa shape index (κ2) is 13.6. The largest absolute Gasteiger partial charge is 0.484 e. The van der Waals surface area contributed by atoms with Crippen molar-refractivity contribution in [3.8, 4) is 5.75 Å². The maximum atomic E-state index is 13.6. The summed E-state index contributed by atoms with van der Waals surface area (Å²) in [6.45, 7) is 4.14. The molecule has 7 heteroatoms. The van der Waals surface area contributed by atoms with Gasteiger partial charge in [0.2, 0.25) is 5.91 Å². The Bertz CT molecular complexity index is 1090. The molecule has 2 atom stereocenters. The van der Waals surface area contributed by atoms with Gasteiger partial charge in [0.25, 0.3) is 5.91 Å². The van der Waals surface area contributed by atoms with Crippen LogP contribution in [0.25, 0.3) is 0 Å². The molecule has 0 aromatic heterocycles. The van der Waals surface area contributed by atoms with E-state index in [2.05, 4.69) is 43.8 Å². The number of benzene rings is 3. The highest BCUT2D eigenvalue weighted by atomic mass is 127. The van der Waals surface area contributed by atoms with E-state index in [0.717, 1.165) is 25.6 Å². The smallest absolute Gasteiger partial charge is 0.261 e. The number of nitrogens with one attached hydrogen (secondary N) is 1. The molecule has 0 fully saturated rings. The lowest BCUT2D eigenvalue weighted by atomic mass is 10.0. The summed E-state index contributed by atoms with van der Waals surface area (Å²) in [5.41, 5.74) is 1.93. The van der Waals surface area contributed by atoms with Crippen LogP contribution in [0.3, 0.4) is 0 Å².